The number of hydrogen-bond donors (Lipinski definition) is 2. The van der Waals surface area contributed by atoms with Gasteiger partial charge in [0, 0.05) is 6.54 Å². The van der Waals surface area contributed by atoms with Crippen LogP contribution >= 0.6 is 0 Å². The fraction of sp³-hybridized carbons (Fsp3) is 0.875. The highest BCUT2D eigenvalue weighted by Gasteiger charge is 2.01. The molecule has 0 amide bonds. The Hall–Kier alpha value is -0.0600. The second kappa shape index (κ2) is 4.84. The van der Waals surface area contributed by atoms with E-state index in [4.69, 9.17) is 10.2 Å². The van der Waals surface area contributed by atoms with Crippen molar-refractivity contribution in [3.63, 3.8) is 0 Å². The Morgan fingerprint density at radius 2 is 1.92 bits per heavy atom. The van der Waals surface area contributed by atoms with Gasteiger partial charge in [0.05, 0.1) is 0 Å². The van der Waals surface area contributed by atoms with E-state index in [2.05, 4.69) is 18.2 Å². The molecular formula is C8H19NO2S. The Labute approximate surface area is 75.1 Å². The summed E-state index contributed by atoms with van der Waals surface area (Å²) in [6.07, 6.45) is 1.81. The van der Waals surface area contributed by atoms with Gasteiger partial charge in [0.15, 0.2) is 0 Å². The monoisotopic (exact) mass is 193 g/mol. The zero-order chi connectivity index (χ0) is 9.78. The molecule has 0 radical (unpaired) electrons. The average molecular weight is 193 g/mol. The van der Waals surface area contributed by atoms with Crippen molar-refractivity contribution in [2.75, 3.05) is 18.6 Å². The van der Waals surface area contributed by atoms with Gasteiger partial charge < -0.3 is 10.2 Å². The molecular weight excluding hydrogens is 174 g/mol. The summed E-state index contributed by atoms with van der Waals surface area (Å²) in [4.78, 5) is 0. The maximum atomic E-state index is 9.00. The lowest BCUT2D eigenvalue weighted by molar-refractivity contribution is 0.384. The van der Waals surface area contributed by atoms with Crippen molar-refractivity contribution in [1.82, 2.24) is 0 Å². The molecule has 1 atom stereocenters. The molecule has 0 heterocycles. The molecule has 0 aromatic heterocycles. The predicted molar refractivity (Wildman–Crippen MR) is 56.2 cm³/mol. The minimum absolute atomic E-state index is 0.475. The third-order valence-corrected chi connectivity index (χ3v) is 4.31. The van der Waals surface area contributed by atoms with Crippen molar-refractivity contribution in [3.8, 4) is 0 Å². The molecule has 0 saturated heterocycles. The fourth-order valence-electron chi connectivity index (χ4n) is 0.592. The van der Waals surface area contributed by atoms with E-state index >= 15 is 0 Å². The first-order valence-corrected chi connectivity index (χ1v) is 6.28. The van der Waals surface area contributed by atoms with Crippen molar-refractivity contribution in [2.24, 2.45) is 10.3 Å². The smallest absolute Gasteiger partial charge is 0.215 e. The van der Waals surface area contributed by atoms with Gasteiger partial charge in [0.1, 0.15) is 0 Å². The van der Waals surface area contributed by atoms with Crippen LogP contribution < -0.4 is 0 Å². The number of hydrogen-bond acceptors (Lipinski definition) is 1. The first kappa shape index (κ1) is 11.9. The summed E-state index contributed by atoms with van der Waals surface area (Å²) in [6, 6.07) is 0. The highest BCUT2D eigenvalue weighted by Crippen LogP contribution is 1.99. The summed E-state index contributed by atoms with van der Waals surface area (Å²) in [6.45, 7) is 6.75. The molecule has 0 fully saturated rings. The van der Waals surface area contributed by atoms with Gasteiger partial charge in [0.25, 0.3) is 0 Å². The van der Waals surface area contributed by atoms with Crippen LogP contribution in [-0.2, 0) is 9.41 Å². The fourth-order valence-corrected chi connectivity index (χ4v) is 1.78. The lowest BCUT2D eigenvalue weighted by Gasteiger charge is -2.10. The highest BCUT2D eigenvalue weighted by molar-refractivity contribution is 8.03. The minimum Gasteiger partial charge on any atom is -0.336 e. The quantitative estimate of drug-likeness (QED) is 0.672. The van der Waals surface area contributed by atoms with E-state index < -0.39 is 14.7 Å². The summed E-state index contributed by atoms with van der Waals surface area (Å²) in [5, 5.41) is 17.5. The molecule has 0 aliphatic carbocycles. The first-order chi connectivity index (χ1) is 5.42. The summed E-state index contributed by atoms with van der Waals surface area (Å²) < 4.78 is 4.32. The van der Waals surface area contributed by atoms with Crippen LogP contribution in [0.25, 0.3) is 0 Å². The van der Waals surface area contributed by atoms with Gasteiger partial charge in [-0.15, -0.1) is 0 Å². The molecule has 3 nitrogen and oxygen atoms in total. The molecule has 0 spiro atoms. The van der Waals surface area contributed by atoms with Gasteiger partial charge in [-0.05, 0) is 17.9 Å². The molecule has 1 unspecified atom stereocenters. The third-order valence-electron chi connectivity index (χ3n) is 1.68. The maximum absolute atomic E-state index is 9.00. The molecule has 0 saturated carbocycles. The van der Waals surface area contributed by atoms with Crippen LogP contribution in [0.1, 0.15) is 20.8 Å². The zero-order valence-electron chi connectivity index (χ0n) is 8.24. The minimum atomic E-state index is -1.64. The third kappa shape index (κ3) is 3.56. The van der Waals surface area contributed by atoms with Crippen LogP contribution in [-0.4, -0.2) is 34.0 Å². The van der Waals surface area contributed by atoms with Crippen molar-refractivity contribution in [1.29, 1.82) is 0 Å². The van der Waals surface area contributed by atoms with Crippen molar-refractivity contribution in [3.05, 3.63) is 0 Å². The van der Waals surface area contributed by atoms with Gasteiger partial charge in [-0.1, -0.05) is 30.2 Å². The summed E-state index contributed by atoms with van der Waals surface area (Å²) >= 11 is 0. The van der Waals surface area contributed by atoms with Crippen molar-refractivity contribution in [2.45, 2.75) is 20.8 Å². The van der Waals surface area contributed by atoms with Crippen molar-refractivity contribution >= 4 is 14.7 Å². The maximum Gasteiger partial charge on any atom is 0.215 e. The Kier molecular flexibility index (Phi) is 4.82. The number of aliphatic hydroxyl groups excluding tert-OH is 1. The van der Waals surface area contributed by atoms with Gasteiger partial charge >= 0.3 is 0 Å². The molecule has 0 bridgehead atoms. The van der Waals surface area contributed by atoms with E-state index in [0.717, 1.165) is 0 Å². The van der Waals surface area contributed by atoms with Crippen LogP contribution in [0.3, 0.4) is 0 Å². The van der Waals surface area contributed by atoms with Crippen molar-refractivity contribution < 1.29 is 10.2 Å². The molecule has 0 aliphatic rings. The zero-order valence-corrected chi connectivity index (χ0v) is 9.06. The molecule has 0 aromatic carbocycles. The predicted octanol–water partition coefficient (Wildman–Crippen LogP) is 1.83. The topological polar surface area (TPSA) is 52.8 Å². The lowest BCUT2D eigenvalue weighted by Crippen LogP contribution is -2.15. The normalized spacial score (nSPS) is 15.9. The SMILES string of the molecule is CCS(C)(=NCC(C)C)=C(O)O. The van der Waals surface area contributed by atoms with E-state index in [1.165, 1.54) is 0 Å². The van der Waals surface area contributed by atoms with Gasteiger partial charge in [-0.2, -0.15) is 0 Å². The van der Waals surface area contributed by atoms with Crippen LogP contribution in [0.15, 0.2) is 4.36 Å². The lowest BCUT2D eigenvalue weighted by atomic mass is 10.2. The molecule has 4 heteroatoms. The van der Waals surface area contributed by atoms with E-state index in [9.17, 15) is 0 Å². The molecule has 0 aliphatic heterocycles. The van der Waals surface area contributed by atoms with Crippen LogP contribution in [0.5, 0.6) is 0 Å². The van der Waals surface area contributed by atoms with Crippen LogP contribution in [0.2, 0.25) is 0 Å². The number of aliphatic hydroxyl groups is 2. The Balaban J connectivity index is 4.78. The van der Waals surface area contributed by atoms with E-state index in [1.807, 2.05) is 13.2 Å². The Morgan fingerprint density at radius 1 is 1.42 bits per heavy atom. The van der Waals surface area contributed by atoms with Crippen LogP contribution in [0, 0.1) is 5.92 Å². The molecule has 0 rings (SSSR count). The number of nitrogens with zero attached hydrogens (tertiary/aromatic N) is 1. The van der Waals surface area contributed by atoms with Gasteiger partial charge in [-0.25, -0.2) is 0 Å². The molecule has 74 valence electrons. The Bertz CT molecular complexity index is 246. The standard InChI is InChI=1S/C8H19NO2S/c1-5-12(4,8(10)11)9-6-7(2)3/h7,10-11H,5-6H2,1-4H3. The Morgan fingerprint density at radius 3 is 2.17 bits per heavy atom. The van der Waals surface area contributed by atoms with Gasteiger partial charge in [0.2, 0.25) is 5.24 Å². The average Bonchev–Trinajstić information content (AvgIpc) is 1.99. The molecule has 0 aromatic rings. The second-order valence-corrected chi connectivity index (χ2v) is 6.60. The summed E-state index contributed by atoms with van der Waals surface area (Å²) in [5.74, 6) is 1.17. The molecule has 12 heavy (non-hydrogen) atoms. The van der Waals surface area contributed by atoms with Crippen LogP contribution in [0.4, 0.5) is 0 Å². The second-order valence-electron chi connectivity index (χ2n) is 3.32. The van der Waals surface area contributed by atoms with E-state index in [0.29, 0.717) is 18.2 Å². The van der Waals surface area contributed by atoms with E-state index in [-0.39, 0.29) is 0 Å². The van der Waals surface area contributed by atoms with E-state index in [1.54, 1.807) is 0 Å². The largest absolute Gasteiger partial charge is 0.336 e. The summed E-state index contributed by atoms with van der Waals surface area (Å²) in [5.41, 5.74) is 0. The highest BCUT2D eigenvalue weighted by atomic mass is 32.2. The first-order valence-electron chi connectivity index (χ1n) is 4.12. The summed E-state index contributed by atoms with van der Waals surface area (Å²) in [7, 11) is -1.64. The number of rotatable bonds is 3. The molecule has 2 N–H and O–H groups in total. The van der Waals surface area contributed by atoms with Gasteiger partial charge in [-0.3, -0.25) is 4.36 Å².